The minimum Gasteiger partial charge on any atom is -0.489 e. The number of piperazine rings is 1. The van der Waals surface area contributed by atoms with E-state index in [4.69, 9.17) is 16.3 Å². The number of non-ortho nitro benzene ring substituents is 1. The Bertz CT molecular complexity index is 1410. The molecule has 1 saturated heterocycles. The average Bonchev–Trinajstić information content (AvgIpc) is 2.89. The maximum atomic E-state index is 13.0. The zero-order valence-corrected chi connectivity index (χ0v) is 21.9. The highest BCUT2D eigenvalue weighted by atomic mass is 35.5. The Hall–Kier alpha value is -3.51. The number of aliphatic carboxylic acids is 1. The molecule has 1 N–H and O–H groups in total. The molecule has 1 aliphatic heterocycles. The summed E-state index contributed by atoms with van der Waals surface area (Å²) in [5, 5.41) is 20.7. The van der Waals surface area contributed by atoms with Crippen LogP contribution < -0.4 is 4.74 Å². The van der Waals surface area contributed by atoms with Gasteiger partial charge in [0.1, 0.15) is 12.4 Å². The first-order chi connectivity index (χ1) is 18.1. The van der Waals surface area contributed by atoms with Gasteiger partial charge in [0.2, 0.25) is 10.0 Å². The molecule has 0 unspecified atom stereocenters. The Morgan fingerprint density at radius 1 is 0.974 bits per heavy atom. The van der Waals surface area contributed by atoms with Crippen LogP contribution in [0.2, 0.25) is 5.02 Å². The highest BCUT2D eigenvalue weighted by molar-refractivity contribution is 7.89. The van der Waals surface area contributed by atoms with E-state index in [0.717, 1.165) is 11.1 Å². The van der Waals surface area contributed by atoms with Gasteiger partial charge in [-0.25, -0.2) is 8.42 Å². The predicted octanol–water partition coefficient (Wildman–Crippen LogP) is 3.96. The Morgan fingerprint density at radius 2 is 1.61 bits per heavy atom. The molecule has 0 radical (unpaired) electrons. The molecule has 1 aliphatic rings. The minimum absolute atomic E-state index is 0.0100. The number of ether oxygens (including phenoxy) is 1. The van der Waals surface area contributed by atoms with Crippen LogP contribution in [-0.2, 0) is 34.4 Å². The van der Waals surface area contributed by atoms with Crippen LogP contribution in [0.15, 0.2) is 71.6 Å². The third-order valence-corrected chi connectivity index (χ3v) is 8.36. The molecular formula is C26H26ClN3O7S. The van der Waals surface area contributed by atoms with E-state index >= 15 is 0 Å². The van der Waals surface area contributed by atoms with Crippen LogP contribution in [0.1, 0.15) is 16.7 Å². The summed E-state index contributed by atoms with van der Waals surface area (Å²) in [6.45, 7) is 2.15. The van der Waals surface area contributed by atoms with Gasteiger partial charge >= 0.3 is 5.97 Å². The molecule has 0 aromatic heterocycles. The molecule has 0 atom stereocenters. The van der Waals surface area contributed by atoms with Crippen molar-refractivity contribution < 1.29 is 28.0 Å². The van der Waals surface area contributed by atoms with Gasteiger partial charge in [0.25, 0.3) is 5.69 Å². The number of benzene rings is 3. The normalized spacial score (nSPS) is 14.8. The lowest BCUT2D eigenvalue weighted by molar-refractivity contribution is -0.384. The molecule has 10 nitrogen and oxygen atoms in total. The lowest BCUT2D eigenvalue weighted by Crippen LogP contribution is -2.48. The number of sulfonamides is 1. The number of rotatable bonds is 10. The first-order valence-electron chi connectivity index (χ1n) is 11.8. The molecule has 0 aliphatic carbocycles. The lowest BCUT2D eigenvalue weighted by Gasteiger charge is -2.34. The molecule has 0 amide bonds. The Labute approximate surface area is 225 Å². The lowest BCUT2D eigenvalue weighted by atomic mass is 10.1. The van der Waals surface area contributed by atoms with Crippen LogP contribution >= 0.6 is 11.6 Å². The highest BCUT2D eigenvalue weighted by Gasteiger charge is 2.29. The van der Waals surface area contributed by atoms with Crippen molar-refractivity contribution in [3.05, 3.63) is 98.6 Å². The third-order valence-electron chi connectivity index (χ3n) is 6.20. The summed E-state index contributed by atoms with van der Waals surface area (Å²) in [5.74, 6) is -0.314. The molecule has 0 bridgehead atoms. The monoisotopic (exact) mass is 559 g/mol. The van der Waals surface area contributed by atoms with Crippen molar-refractivity contribution in [2.45, 2.75) is 24.5 Å². The van der Waals surface area contributed by atoms with Crippen molar-refractivity contribution in [3.8, 4) is 5.75 Å². The van der Waals surface area contributed by atoms with E-state index in [-0.39, 0.29) is 30.1 Å². The molecule has 3 aromatic rings. The summed E-state index contributed by atoms with van der Waals surface area (Å²) in [4.78, 5) is 23.6. The van der Waals surface area contributed by atoms with Gasteiger partial charge in [-0.3, -0.25) is 19.8 Å². The number of hydrogen-bond acceptors (Lipinski definition) is 7. The van der Waals surface area contributed by atoms with Crippen LogP contribution in [-0.4, -0.2) is 59.8 Å². The number of hydrogen-bond donors (Lipinski definition) is 1. The van der Waals surface area contributed by atoms with Gasteiger partial charge in [-0.1, -0.05) is 35.9 Å². The van der Waals surface area contributed by atoms with Crippen molar-refractivity contribution in [2.24, 2.45) is 0 Å². The SMILES string of the molecule is O=C(O)Cc1ccc(OCc2ccc(Cl)cc2)c(CN2CCN(S(=O)(=O)c3ccc([N+](=O)[O-])cc3)CC2)c1. The van der Waals surface area contributed by atoms with Gasteiger partial charge in [-0.05, 0) is 41.5 Å². The number of carbonyl (C=O) groups is 1. The van der Waals surface area contributed by atoms with Gasteiger partial charge in [0.15, 0.2) is 0 Å². The van der Waals surface area contributed by atoms with Gasteiger partial charge in [0, 0.05) is 55.4 Å². The van der Waals surface area contributed by atoms with E-state index in [1.807, 2.05) is 18.2 Å². The molecule has 38 heavy (non-hydrogen) atoms. The van der Waals surface area contributed by atoms with Crippen molar-refractivity contribution in [1.82, 2.24) is 9.21 Å². The summed E-state index contributed by atoms with van der Waals surface area (Å²) in [5.41, 5.74) is 2.21. The van der Waals surface area contributed by atoms with E-state index in [2.05, 4.69) is 4.90 Å². The molecule has 4 rings (SSSR count). The predicted molar refractivity (Wildman–Crippen MR) is 141 cm³/mol. The maximum absolute atomic E-state index is 13.0. The molecule has 200 valence electrons. The minimum atomic E-state index is -3.79. The van der Waals surface area contributed by atoms with E-state index in [9.17, 15) is 28.4 Å². The highest BCUT2D eigenvalue weighted by Crippen LogP contribution is 2.26. The van der Waals surface area contributed by atoms with Crippen LogP contribution in [0.3, 0.4) is 0 Å². The third kappa shape index (κ3) is 6.87. The Morgan fingerprint density at radius 3 is 2.21 bits per heavy atom. The fourth-order valence-corrected chi connectivity index (χ4v) is 5.73. The second kappa shape index (κ2) is 11.9. The van der Waals surface area contributed by atoms with E-state index in [1.165, 1.54) is 28.6 Å². The Kier molecular flexibility index (Phi) is 8.62. The fraction of sp³-hybridized carbons (Fsp3) is 0.269. The standard InChI is InChI=1S/C26H26ClN3O7S/c27-22-4-1-19(2-5-22)18-37-25-10-3-20(16-26(31)32)15-21(25)17-28-11-13-29(14-12-28)38(35,36)24-8-6-23(7-9-24)30(33)34/h1-10,15H,11-14,16-18H2,(H,31,32). The molecular weight excluding hydrogens is 534 g/mol. The van der Waals surface area contributed by atoms with Gasteiger partial charge in [-0.15, -0.1) is 0 Å². The topological polar surface area (TPSA) is 130 Å². The van der Waals surface area contributed by atoms with Crippen LogP contribution in [0.25, 0.3) is 0 Å². The Balaban J connectivity index is 1.44. The summed E-state index contributed by atoms with van der Waals surface area (Å²) in [6.07, 6.45) is -0.119. The average molecular weight is 560 g/mol. The smallest absolute Gasteiger partial charge is 0.307 e. The number of halogens is 1. The first-order valence-corrected chi connectivity index (χ1v) is 13.6. The second-order valence-corrected chi connectivity index (χ2v) is 11.2. The van der Waals surface area contributed by atoms with Crippen molar-refractivity contribution in [2.75, 3.05) is 26.2 Å². The zero-order chi connectivity index (χ0) is 27.3. The van der Waals surface area contributed by atoms with Crippen molar-refractivity contribution >= 4 is 33.3 Å². The number of carboxylic acid groups (broad SMARTS) is 1. The van der Waals surface area contributed by atoms with Crippen LogP contribution in [0, 0.1) is 10.1 Å². The molecule has 12 heteroatoms. The van der Waals surface area contributed by atoms with Crippen molar-refractivity contribution in [1.29, 1.82) is 0 Å². The largest absolute Gasteiger partial charge is 0.489 e. The number of nitro groups is 1. The van der Waals surface area contributed by atoms with Crippen LogP contribution in [0.5, 0.6) is 5.75 Å². The second-order valence-electron chi connectivity index (χ2n) is 8.86. The number of nitro benzene ring substituents is 1. The molecule has 0 saturated carbocycles. The van der Waals surface area contributed by atoms with E-state index < -0.39 is 20.9 Å². The summed E-state index contributed by atoms with van der Waals surface area (Å²) >= 11 is 5.95. The van der Waals surface area contributed by atoms with Crippen LogP contribution in [0.4, 0.5) is 5.69 Å². The van der Waals surface area contributed by atoms with Gasteiger partial charge < -0.3 is 9.84 Å². The molecule has 0 spiro atoms. The van der Waals surface area contributed by atoms with E-state index in [0.29, 0.717) is 42.6 Å². The maximum Gasteiger partial charge on any atom is 0.307 e. The fourth-order valence-electron chi connectivity index (χ4n) is 4.18. The first kappa shape index (κ1) is 27.5. The summed E-state index contributed by atoms with van der Waals surface area (Å²) < 4.78 is 33.5. The number of nitrogens with zero attached hydrogens (tertiary/aromatic N) is 3. The van der Waals surface area contributed by atoms with Gasteiger partial charge in [-0.2, -0.15) is 4.31 Å². The summed E-state index contributed by atoms with van der Waals surface area (Å²) in [6, 6.07) is 17.4. The van der Waals surface area contributed by atoms with Gasteiger partial charge in [0.05, 0.1) is 16.2 Å². The summed E-state index contributed by atoms with van der Waals surface area (Å²) in [7, 11) is -3.79. The van der Waals surface area contributed by atoms with E-state index in [1.54, 1.807) is 24.3 Å². The molecule has 1 heterocycles. The van der Waals surface area contributed by atoms with Crippen molar-refractivity contribution in [3.63, 3.8) is 0 Å². The molecule has 1 fully saturated rings. The quantitative estimate of drug-likeness (QED) is 0.292. The molecule has 3 aromatic carbocycles. The number of carboxylic acids is 1. The zero-order valence-electron chi connectivity index (χ0n) is 20.3.